The van der Waals surface area contributed by atoms with E-state index in [1.54, 1.807) is 24.9 Å². The number of sulfonamides is 1. The molecule has 0 unspecified atom stereocenters. The van der Waals surface area contributed by atoms with E-state index in [-0.39, 0.29) is 16.5 Å². The molecular formula is C19H23FN2O3S. The highest BCUT2D eigenvalue weighted by Crippen LogP contribution is 2.21. The first-order valence-corrected chi connectivity index (χ1v) is 9.73. The zero-order chi connectivity index (χ0) is 19.5. The monoisotopic (exact) mass is 378 g/mol. The fourth-order valence-electron chi connectivity index (χ4n) is 2.57. The van der Waals surface area contributed by atoms with Gasteiger partial charge in [-0.2, -0.15) is 0 Å². The standard InChI is InChI=1S/C19H23FN2O3S/c1-13(2)12-22(4)19(23)18-11-17(10-5-14(18)3)26(24,25)21-16-8-6-15(20)7-9-16/h5-11,13,21H,12H2,1-4H3. The number of aryl methyl sites for hydroxylation is 1. The summed E-state index contributed by atoms with van der Waals surface area (Å²) in [5.74, 6) is -0.379. The Kier molecular flexibility index (Phi) is 6.02. The predicted molar refractivity (Wildman–Crippen MR) is 100 cm³/mol. The van der Waals surface area contributed by atoms with Crippen LogP contribution in [0.2, 0.25) is 0 Å². The molecule has 26 heavy (non-hydrogen) atoms. The van der Waals surface area contributed by atoms with E-state index in [2.05, 4.69) is 4.72 Å². The SMILES string of the molecule is Cc1ccc(S(=O)(=O)Nc2ccc(F)cc2)cc1C(=O)N(C)CC(C)C. The zero-order valence-corrected chi connectivity index (χ0v) is 16.1. The third-order valence-electron chi connectivity index (χ3n) is 3.83. The van der Waals surface area contributed by atoms with Crippen LogP contribution in [0.4, 0.5) is 10.1 Å². The van der Waals surface area contributed by atoms with Crippen molar-refractivity contribution in [3.05, 3.63) is 59.4 Å². The quantitative estimate of drug-likeness (QED) is 0.834. The minimum absolute atomic E-state index is 0.0197. The van der Waals surface area contributed by atoms with Crippen molar-refractivity contribution in [1.29, 1.82) is 0 Å². The Balaban J connectivity index is 2.32. The van der Waals surface area contributed by atoms with Gasteiger partial charge in [0.15, 0.2) is 0 Å². The summed E-state index contributed by atoms with van der Waals surface area (Å²) in [7, 11) is -2.20. The average molecular weight is 378 g/mol. The van der Waals surface area contributed by atoms with Gasteiger partial charge in [-0.25, -0.2) is 12.8 Å². The summed E-state index contributed by atoms with van der Waals surface area (Å²) >= 11 is 0. The number of nitrogens with one attached hydrogen (secondary N) is 1. The fraction of sp³-hybridized carbons (Fsp3) is 0.316. The molecule has 2 aromatic carbocycles. The number of carbonyl (C=O) groups excluding carboxylic acids is 1. The summed E-state index contributed by atoms with van der Waals surface area (Å²) in [6, 6.07) is 9.44. The molecule has 0 spiro atoms. The Bertz CT molecular complexity index is 894. The van der Waals surface area contributed by atoms with Crippen LogP contribution >= 0.6 is 0 Å². The zero-order valence-electron chi connectivity index (χ0n) is 15.3. The second kappa shape index (κ2) is 7.86. The normalized spacial score (nSPS) is 11.5. The van der Waals surface area contributed by atoms with Crippen molar-refractivity contribution in [2.45, 2.75) is 25.7 Å². The number of amides is 1. The molecule has 2 rings (SSSR count). The smallest absolute Gasteiger partial charge is 0.261 e. The first-order valence-electron chi connectivity index (χ1n) is 8.24. The van der Waals surface area contributed by atoms with Crippen LogP contribution in [-0.4, -0.2) is 32.8 Å². The maximum absolute atomic E-state index is 13.0. The van der Waals surface area contributed by atoms with Gasteiger partial charge in [-0.15, -0.1) is 0 Å². The molecule has 0 aliphatic heterocycles. The molecule has 0 atom stereocenters. The molecule has 1 N–H and O–H groups in total. The molecule has 0 bridgehead atoms. The van der Waals surface area contributed by atoms with Crippen LogP contribution in [-0.2, 0) is 10.0 Å². The van der Waals surface area contributed by atoms with E-state index in [0.29, 0.717) is 23.6 Å². The number of nitrogens with zero attached hydrogens (tertiary/aromatic N) is 1. The topological polar surface area (TPSA) is 66.5 Å². The van der Waals surface area contributed by atoms with E-state index < -0.39 is 15.8 Å². The summed E-state index contributed by atoms with van der Waals surface area (Å²) in [4.78, 5) is 14.2. The Hall–Kier alpha value is -2.41. The molecule has 0 saturated heterocycles. The molecule has 0 aromatic heterocycles. The number of carbonyl (C=O) groups is 1. The van der Waals surface area contributed by atoms with E-state index >= 15 is 0 Å². The molecule has 0 radical (unpaired) electrons. The first-order chi connectivity index (χ1) is 12.1. The van der Waals surface area contributed by atoms with Gasteiger partial charge in [0.2, 0.25) is 0 Å². The fourth-order valence-corrected chi connectivity index (χ4v) is 3.65. The van der Waals surface area contributed by atoms with Crippen LogP contribution in [0.3, 0.4) is 0 Å². The van der Waals surface area contributed by atoms with Gasteiger partial charge in [-0.05, 0) is 54.8 Å². The summed E-state index contributed by atoms with van der Waals surface area (Å²) in [5, 5.41) is 0. The number of hydrogen-bond acceptors (Lipinski definition) is 3. The average Bonchev–Trinajstić information content (AvgIpc) is 2.55. The lowest BCUT2D eigenvalue weighted by molar-refractivity contribution is 0.0778. The van der Waals surface area contributed by atoms with Crippen molar-refractivity contribution in [2.24, 2.45) is 5.92 Å². The van der Waals surface area contributed by atoms with Gasteiger partial charge in [0.1, 0.15) is 5.82 Å². The largest absolute Gasteiger partial charge is 0.341 e. The molecule has 1 amide bonds. The molecule has 0 fully saturated rings. The number of rotatable bonds is 6. The number of benzene rings is 2. The van der Waals surface area contributed by atoms with E-state index in [4.69, 9.17) is 0 Å². The van der Waals surface area contributed by atoms with E-state index in [9.17, 15) is 17.6 Å². The molecular weight excluding hydrogens is 355 g/mol. The van der Waals surface area contributed by atoms with Gasteiger partial charge < -0.3 is 4.90 Å². The summed E-state index contributed by atoms with van der Waals surface area (Å²) < 4.78 is 40.5. The third-order valence-corrected chi connectivity index (χ3v) is 5.21. The van der Waals surface area contributed by atoms with E-state index in [0.717, 1.165) is 0 Å². The van der Waals surface area contributed by atoms with Crippen LogP contribution in [0.15, 0.2) is 47.4 Å². The van der Waals surface area contributed by atoms with Gasteiger partial charge in [-0.3, -0.25) is 9.52 Å². The highest BCUT2D eigenvalue weighted by molar-refractivity contribution is 7.92. The third kappa shape index (κ3) is 4.82. The second-order valence-electron chi connectivity index (χ2n) is 6.67. The van der Waals surface area contributed by atoms with E-state index in [1.165, 1.54) is 36.4 Å². The van der Waals surface area contributed by atoms with Crippen molar-refractivity contribution in [2.75, 3.05) is 18.3 Å². The van der Waals surface area contributed by atoms with Crippen molar-refractivity contribution in [3.63, 3.8) is 0 Å². The van der Waals surface area contributed by atoms with Crippen molar-refractivity contribution in [1.82, 2.24) is 4.90 Å². The number of anilines is 1. The maximum Gasteiger partial charge on any atom is 0.261 e. The molecule has 0 heterocycles. The maximum atomic E-state index is 13.0. The molecule has 0 aliphatic carbocycles. The summed E-state index contributed by atoms with van der Waals surface area (Å²) in [6.07, 6.45) is 0. The van der Waals surface area contributed by atoms with Crippen molar-refractivity contribution >= 4 is 21.6 Å². The van der Waals surface area contributed by atoms with Gasteiger partial charge >= 0.3 is 0 Å². The lowest BCUT2D eigenvalue weighted by atomic mass is 10.1. The molecule has 2 aromatic rings. The lowest BCUT2D eigenvalue weighted by Gasteiger charge is -2.21. The Morgan fingerprint density at radius 1 is 1.15 bits per heavy atom. The van der Waals surface area contributed by atoms with Crippen LogP contribution in [0.5, 0.6) is 0 Å². The first kappa shape index (κ1) is 19.9. The van der Waals surface area contributed by atoms with Crippen molar-refractivity contribution < 1.29 is 17.6 Å². The Morgan fingerprint density at radius 3 is 2.35 bits per heavy atom. The molecule has 0 aliphatic rings. The van der Waals surface area contributed by atoms with Crippen LogP contribution in [0.25, 0.3) is 0 Å². The van der Waals surface area contributed by atoms with Gasteiger partial charge in [0, 0.05) is 24.8 Å². The molecule has 7 heteroatoms. The second-order valence-corrected chi connectivity index (χ2v) is 8.35. The van der Waals surface area contributed by atoms with Gasteiger partial charge in [0.25, 0.3) is 15.9 Å². The molecule has 5 nitrogen and oxygen atoms in total. The number of halogens is 1. The van der Waals surface area contributed by atoms with Crippen LogP contribution in [0, 0.1) is 18.7 Å². The highest BCUT2D eigenvalue weighted by atomic mass is 32.2. The molecule has 0 saturated carbocycles. The van der Waals surface area contributed by atoms with Crippen LogP contribution < -0.4 is 4.72 Å². The van der Waals surface area contributed by atoms with Crippen LogP contribution in [0.1, 0.15) is 29.8 Å². The highest BCUT2D eigenvalue weighted by Gasteiger charge is 2.20. The Labute approximate surface area is 153 Å². The summed E-state index contributed by atoms with van der Waals surface area (Å²) in [5.41, 5.74) is 1.29. The minimum atomic E-state index is -3.89. The minimum Gasteiger partial charge on any atom is -0.341 e. The van der Waals surface area contributed by atoms with Gasteiger partial charge in [0.05, 0.1) is 4.90 Å². The van der Waals surface area contributed by atoms with Gasteiger partial charge in [-0.1, -0.05) is 19.9 Å². The lowest BCUT2D eigenvalue weighted by Crippen LogP contribution is -2.31. The summed E-state index contributed by atoms with van der Waals surface area (Å²) in [6.45, 7) is 6.34. The predicted octanol–water partition coefficient (Wildman–Crippen LogP) is 3.66. The Morgan fingerprint density at radius 2 is 1.77 bits per heavy atom. The van der Waals surface area contributed by atoms with E-state index in [1.807, 2.05) is 13.8 Å². The number of hydrogen-bond donors (Lipinski definition) is 1. The van der Waals surface area contributed by atoms with Crippen molar-refractivity contribution in [3.8, 4) is 0 Å². The molecule has 140 valence electrons.